The molecule has 15 nitrogen and oxygen atoms in total. The van der Waals surface area contributed by atoms with E-state index in [0.717, 1.165) is 17.0 Å². The first kappa shape index (κ1) is 37.0. The lowest BCUT2D eigenvalue weighted by molar-refractivity contribution is -0.140. The van der Waals surface area contributed by atoms with Gasteiger partial charge in [-0.3, -0.25) is 9.59 Å². The summed E-state index contributed by atoms with van der Waals surface area (Å²) >= 11 is 0. The van der Waals surface area contributed by atoms with Gasteiger partial charge < -0.3 is 24.7 Å². The molecule has 7 aromatic rings. The van der Waals surface area contributed by atoms with Crippen LogP contribution in [0, 0.1) is 26.6 Å². The highest BCUT2D eigenvalue weighted by molar-refractivity contribution is 6.08. The Morgan fingerprint density at radius 3 is 2.35 bits per heavy atom. The normalized spacial score (nSPS) is 13.8. The molecule has 0 saturated carbocycles. The third kappa shape index (κ3) is 7.05. The minimum Gasteiger partial charge on any atom is -0.444 e. The van der Waals surface area contributed by atoms with E-state index >= 15 is 0 Å². The van der Waals surface area contributed by atoms with Gasteiger partial charge in [0.1, 0.15) is 28.3 Å². The fourth-order valence-corrected chi connectivity index (χ4v) is 6.93. The monoisotopic (exact) mass is 769 g/mol. The van der Waals surface area contributed by atoms with Gasteiger partial charge in [-0.05, 0) is 95.6 Å². The Morgan fingerprint density at radius 1 is 0.912 bits per heavy atom. The second-order valence-electron chi connectivity index (χ2n) is 15.3. The lowest BCUT2D eigenvalue weighted by Crippen LogP contribution is -2.70. The summed E-state index contributed by atoms with van der Waals surface area (Å²) in [4.78, 5) is 51.5. The molecular formula is C41H40FN11O4. The van der Waals surface area contributed by atoms with Crippen LogP contribution in [-0.4, -0.2) is 80.5 Å². The molecule has 2 N–H and O–H groups in total. The summed E-state index contributed by atoms with van der Waals surface area (Å²) in [6.45, 7) is 11.1. The molecule has 3 amide bonds. The minimum absolute atomic E-state index is 0.0178. The second-order valence-corrected chi connectivity index (χ2v) is 15.3. The van der Waals surface area contributed by atoms with Crippen LogP contribution >= 0.6 is 0 Å². The van der Waals surface area contributed by atoms with E-state index in [-0.39, 0.29) is 31.4 Å². The van der Waals surface area contributed by atoms with Crippen molar-refractivity contribution in [3.63, 3.8) is 0 Å². The summed E-state index contributed by atoms with van der Waals surface area (Å²) < 4.78 is 24.5. The topological polar surface area (TPSA) is 166 Å². The first-order valence-electron chi connectivity index (χ1n) is 18.3. The van der Waals surface area contributed by atoms with Crippen molar-refractivity contribution in [1.29, 1.82) is 0 Å². The molecule has 0 spiro atoms. The fraction of sp³-hybridized carbons (Fsp3) is 0.268. The molecular weight excluding hydrogens is 730 g/mol. The van der Waals surface area contributed by atoms with Gasteiger partial charge in [0, 0.05) is 34.4 Å². The smallest absolute Gasteiger partial charge is 0.410 e. The van der Waals surface area contributed by atoms with E-state index in [4.69, 9.17) is 9.72 Å². The number of aromatic nitrogens is 8. The fourth-order valence-electron chi connectivity index (χ4n) is 6.93. The Kier molecular flexibility index (Phi) is 9.05. The van der Waals surface area contributed by atoms with Crippen LogP contribution in [0.1, 0.15) is 53.8 Å². The van der Waals surface area contributed by atoms with Gasteiger partial charge in [-0.2, -0.15) is 5.10 Å². The van der Waals surface area contributed by atoms with Crippen molar-refractivity contribution in [1.82, 2.24) is 49.2 Å². The number of anilines is 1. The Hall–Kier alpha value is -6.97. The molecule has 16 heteroatoms. The lowest BCUT2D eigenvalue weighted by Gasteiger charge is -2.47. The van der Waals surface area contributed by atoms with Gasteiger partial charge in [-0.1, -0.05) is 23.4 Å². The van der Waals surface area contributed by atoms with Crippen molar-refractivity contribution < 1.29 is 23.5 Å². The molecule has 1 aliphatic rings. The number of carbonyl (C=O) groups is 3. The van der Waals surface area contributed by atoms with Crippen LogP contribution in [0.4, 0.5) is 14.9 Å². The summed E-state index contributed by atoms with van der Waals surface area (Å²) in [6, 6.07) is 18.8. The van der Waals surface area contributed by atoms with Crippen LogP contribution in [-0.2, 0) is 21.6 Å². The summed E-state index contributed by atoms with van der Waals surface area (Å²) in [6.07, 6.45) is 4.54. The number of hydrogen-bond donors (Lipinski definition) is 2. The van der Waals surface area contributed by atoms with Crippen LogP contribution in [0.15, 0.2) is 85.3 Å². The first-order chi connectivity index (χ1) is 27.2. The van der Waals surface area contributed by atoms with Gasteiger partial charge in [0.05, 0.1) is 43.4 Å². The van der Waals surface area contributed by atoms with Gasteiger partial charge >= 0.3 is 6.09 Å². The Labute approximate surface area is 326 Å². The molecule has 5 aromatic heterocycles. The second kappa shape index (κ2) is 14.0. The van der Waals surface area contributed by atoms with E-state index in [2.05, 4.69) is 31.0 Å². The molecule has 0 bridgehead atoms. The molecule has 1 aliphatic heterocycles. The highest BCUT2D eigenvalue weighted by Gasteiger charge is 2.55. The van der Waals surface area contributed by atoms with Gasteiger partial charge in [-0.25, -0.2) is 28.4 Å². The van der Waals surface area contributed by atoms with Crippen LogP contribution in [0.25, 0.3) is 33.8 Å². The standard InChI is InChI=1S/C41H40FN11O4/c1-24-7-16-34-47-35(28-8-12-29(42)13-9-28)33(51(34)20-24)19-43-38(55)41(22-50(23-41)39(56)57-40(4,5)6)52-21-32(48-49-52)27-10-14-30(15-11-27)46-37(54)31-18-44-53-26(3)17-25(2)45-36(31)53/h7-18,20-21H,19,22-23H2,1-6H3,(H,43,55)(H,46,54). The number of carbonyl (C=O) groups excluding carboxylic acids is 3. The number of halogens is 1. The number of pyridine rings is 1. The average molecular weight is 770 g/mol. The number of rotatable bonds is 8. The first-order valence-corrected chi connectivity index (χ1v) is 18.3. The third-order valence-electron chi connectivity index (χ3n) is 9.77. The Balaban J connectivity index is 1.05. The maximum absolute atomic E-state index is 14.4. The summed E-state index contributed by atoms with van der Waals surface area (Å²) in [7, 11) is 0. The van der Waals surface area contributed by atoms with E-state index in [0.29, 0.717) is 50.8 Å². The zero-order valence-corrected chi connectivity index (χ0v) is 32.2. The number of aryl methyl sites for hydroxylation is 3. The molecule has 290 valence electrons. The predicted molar refractivity (Wildman–Crippen MR) is 209 cm³/mol. The van der Waals surface area contributed by atoms with E-state index in [1.54, 1.807) is 67.9 Å². The van der Waals surface area contributed by atoms with E-state index < -0.39 is 23.1 Å². The lowest BCUT2D eigenvalue weighted by atomic mass is 9.89. The maximum atomic E-state index is 14.4. The van der Waals surface area contributed by atoms with Crippen LogP contribution in [0.5, 0.6) is 0 Å². The zero-order valence-electron chi connectivity index (χ0n) is 32.2. The summed E-state index contributed by atoms with van der Waals surface area (Å²) in [5.41, 5.74) is 5.77. The number of benzene rings is 2. The highest BCUT2D eigenvalue weighted by Crippen LogP contribution is 2.33. The zero-order chi connectivity index (χ0) is 40.2. The van der Waals surface area contributed by atoms with Crippen molar-refractivity contribution in [2.24, 2.45) is 0 Å². The number of nitrogens with zero attached hydrogens (tertiary/aromatic N) is 9. The number of fused-ring (bicyclic) bond motifs is 2. The van der Waals surface area contributed by atoms with Crippen molar-refractivity contribution >= 4 is 34.9 Å². The number of likely N-dealkylation sites (tertiary alicyclic amines) is 1. The van der Waals surface area contributed by atoms with Crippen LogP contribution < -0.4 is 10.6 Å². The molecule has 0 unspecified atom stereocenters. The maximum Gasteiger partial charge on any atom is 0.410 e. The number of nitrogens with one attached hydrogen (secondary N) is 2. The van der Waals surface area contributed by atoms with Gasteiger partial charge in [0.25, 0.3) is 11.8 Å². The Bertz CT molecular complexity index is 2690. The van der Waals surface area contributed by atoms with Crippen LogP contribution in [0.2, 0.25) is 0 Å². The minimum atomic E-state index is -1.32. The highest BCUT2D eigenvalue weighted by atomic mass is 19.1. The number of hydrogen-bond acceptors (Lipinski definition) is 9. The van der Waals surface area contributed by atoms with Crippen molar-refractivity contribution in [2.75, 3.05) is 18.4 Å². The van der Waals surface area contributed by atoms with Crippen molar-refractivity contribution in [3.8, 4) is 22.5 Å². The SMILES string of the molecule is Cc1ccc2nc(-c3ccc(F)cc3)c(CNC(=O)C3(n4cc(-c5ccc(NC(=O)c6cnn7c(C)cc(C)nc67)cc5)nn4)CN(C(=O)OC(C)(C)C)C3)n2c1. The molecule has 8 rings (SSSR count). The average Bonchev–Trinajstić information content (AvgIpc) is 3.88. The number of amides is 3. The molecule has 0 aliphatic carbocycles. The summed E-state index contributed by atoms with van der Waals surface area (Å²) in [5, 5.41) is 19.1. The largest absolute Gasteiger partial charge is 0.444 e. The Morgan fingerprint density at radius 2 is 1.63 bits per heavy atom. The molecule has 1 saturated heterocycles. The number of imidazole rings is 1. The predicted octanol–water partition coefficient (Wildman–Crippen LogP) is 5.88. The third-order valence-corrected chi connectivity index (χ3v) is 9.77. The molecule has 1 fully saturated rings. The van der Waals surface area contributed by atoms with Crippen LogP contribution in [0.3, 0.4) is 0 Å². The van der Waals surface area contributed by atoms with E-state index in [1.165, 1.54) is 27.9 Å². The van der Waals surface area contributed by atoms with Crippen molar-refractivity contribution in [2.45, 2.75) is 59.2 Å². The molecule has 6 heterocycles. The number of ether oxygens (including phenoxy) is 1. The van der Waals surface area contributed by atoms with Gasteiger partial charge in [0.2, 0.25) is 0 Å². The van der Waals surface area contributed by atoms with Crippen molar-refractivity contribution in [3.05, 3.63) is 119 Å². The summed E-state index contributed by atoms with van der Waals surface area (Å²) in [5.74, 6) is -1.11. The molecule has 2 aromatic carbocycles. The molecule has 0 radical (unpaired) electrons. The quantitative estimate of drug-likeness (QED) is 0.192. The van der Waals surface area contributed by atoms with E-state index in [9.17, 15) is 18.8 Å². The van der Waals surface area contributed by atoms with E-state index in [1.807, 2.05) is 49.6 Å². The van der Waals surface area contributed by atoms with Gasteiger partial charge in [0.15, 0.2) is 11.2 Å². The van der Waals surface area contributed by atoms with Gasteiger partial charge in [-0.15, -0.1) is 5.10 Å². The molecule has 57 heavy (non-hydrogen) atoms. The molecule has 0 atom stereocenters.